The minimum Gasteiger partial charge on any atom is -0.475 e. The normalized spacial score (nSPS) is 25.7. The van der Waals surface area contributed by atoms with Crippen LogP contribution in [0.1, 0.15) is 54.2 Å². The maximum atomic E-state index is 13.1. The number of carbonyl (C=O) groups excluding carboxylic acids is 1. The van der Waals surface area contributed by atoms with E-state index in [4.69, 9.17) is 15.0 Å². The van der Waals surface area contributed by atoms with Crippen LogP contribution in [-0.4, -0.2) is 44.1 Å². The van der Waals surface area contributed by atoms with Gasteiger partial charge >= 0.3 is 0 Å². The monoisotopic (exact) mass is 436 g/mol. The molecule has 3 aliphatic rings. The molecule has 0 radical (unpaired) electrons. The number of nitrogen functional groups attached to an aromatic ring is 1. The molecule has 9 nitrogen and oxygen atoms in total. The molecule has 2 N–H and O–H groups in total. The van der Waals surface area contributed by atoms with Gasteiger partial charge in [-0.25, -0.2) is 9.97 Å². The molecule has 32 heavy (non-hydrogen) atoms. The van der Waals surface area contributed by atoms with Gasteiger partial charge in [0.15, 0.2) is 5.82 Å². The number of aromatic nitrogens is 4. The Balaban J connectivity index is 1.19. The van der Waals surface area contributed by atoms with Crippen LogP contribution in [0.25, 0.3) is 0 Å². The third kappa shape index (κ3) is 4.11. The van der Waals surface area contributed by atoms with Crippen molar-refractivity contribution in [2.75, 3.05) is 18.9 Å². The molecule has 1 aliphatic heterocycles. The molecule has 1 saturated carbocycles. The minimum absolute atomic E-state index is 0.151. The van der Waals surface area contributed by atoms with Crippen molar-refractivity contribution in [3.05, 3.63) is 47.5 Å². The molecule has 168 valence electrons. The van der Waals surface area contributed by atoms with Gasteiger partial charge in [0.25, 0.3) is 5.91 Å². The van der Waals surface area contributed by atoms with Gasteiger partial charge in [0, 0.05) is 12.1 Å². The molecule has 0 spiro atoms. The summed E-state index contributed by atoms with van der Waals surface area (Å²) in [5, 5.41) is 3.89. The molecule has 1 unspecified atom stereocenters. The second kappa shape index (κ2) is 8.72. The lowest BCUT2D eigenvalue weighted by Gasteiger charge is -2.34. The van der Waals surface area contributed by atoms with Crippen LogP contribution in [0.3, 0.4) is 0 Å². The Hall–Kier alpha value is -3.23. The van der Waals surface area contributed by atoms with E-state index < -0.39 is 0 Å². The van der Waals surface area contributed by atoms with Crippen molar-refractivity contribution in [3.63, 3.8) is 0 Å². The van der Waals surface area contributed by atoms with E-state index in [0.29, 0.717) is 36.7 Å². The summed E-state index contributed by atoms with van der Waals surface area (Å²) in [5.41, 5.74) is 7.09. The Morgan fingerprint density at radius 2 is 2.06 bits per heavy atom. The van der Waals surface area contributed by atoms with Crippen LogP contribution in [0.5, 0.6) is 5.88 Å². The van der Waals surface area contributed by atoms with Gasteiger partial charge < -0.3 is 19.9 Å². The maximum Gasteiger partial charge on any atom is 0.267 e. The fourth-order valence-corrected chi connectivity index (χ4v) is 5.07. The van der Waals surface area contributed by atoms with Crippen molar-refractivity contribution >= 4 is 11.7 Å². The molecule has 5 rings (SSSR count). The zero-order valence-electron chi connectivity index (χ0n) is 18.2. The number of hydrogen-bond acceptors (Lipinski definition) is 8. The summed E-state index contributed by atoms with van der Waals surface area (Å²) < 4.78 is 10.9. The molecule has 2 aromatic heterocycles. The van der Waals surface area contributed by atoms with Crippen molar-refractivity contribution < 1.29 is 14.1 Å². The first kappa shape index (κ1) is 20.7. The summed E-state index contributed by atoms with van der Waals surface area (Å²) >= 11 is 0. The quantitative estimate of drug-likeness (QED) is 0.776. The van der Waals surface area contributed by atoms with E-state index in [1.54, 1.807) is 4.90 Å². The van der Waals surface area contributed by atoms with Crippen LogP contribution < -0.4 is 10.5 Å². The Bertz CT molecular complexity index is 1050. The smallest absolute Gasteiger partial charge is 0.267 e. The van der Waals surface area contributed by atoms with Crippen LogP contribution in [0.2, 0.25) is 0 Å². The number of hydrogen-bond donors (Lipinski definition) is 1. The minimum atomic E-state index is -0.207. The fourth-order valence-electron chi connectivity index (χ4n) is 5.07. The van der Waals surface area contributed by atoms with Gasteiger partial charge in [0.05, 0.1) is 6.54 Å². The zero-order chi connectivity index (χ0) is 22.1. The number of nitrogens with zero attached hydrogens (tertiary/aromatic N) is 5. The van der Waals surface area contributed by atoms with Crippen molar-refractivity contribution in [3.8, 4) is 5.88 Å². The topological polar surface area (TPSA) is 120 Å². The number of aryl methyl sites for hydroxylation is 1. The maximum absolute atomic E-state index is 13.1. The molecular formula is C23H28N6O3. The number of anilines is 1. The molecule has 0 saturated heterocycles. The Kier molecular flexibility index (Phi) is 5.63. The number of ether oxygens (including phenoxy) is 1. The highest BCUT2D eigenvalue weighted by molar-refractivity contribution is 6.01. The van der Waals surface area contributed by atoms with Crippen LogP contribution in [0.15, 0.2) is 34.8 Å². The summed E-state index contributed by atoms with van der Waals surface area (Å²) in [4.78, 5) is 27.2. The summed E-state index contributed by atoms with van der Waals surface area (Å²) in [6.07, 6.45) is 14.4. The van der Waals surface area contributed by atoms with Gasteiger partial charge in [-0.3, -0.25) is 4.79 Å². The number of allylic oxidation sites excluding steroid dienone is 3. The van der Waals surface area contributed by atoms with E-state index in [-0.39, 0.29) is 23.2 Å². The summed E-state index contributed by atoms with van der Waals surface area (Å²) in [6, 6.07) is 0. The molecule has 1 fully saturated rings. The highest BCUT2D eigenvalue weighted by Crippen LogP contribution is 2.39. The number of amides is 1. The van der Waals surface area contributed by atoms with Crippen molar-refractivity contribution in [2.45, 2.75) is 45.4 Å². The third-order valence-corrected chi connectivity index (χ3v) is 6.81. The van der Waals surface area contributed by atoms with Crippen molar-refractivity contribution in [1.82, 2.24) is 25.0 Å². The van der Waals surface area contributed by atoms with Gasteiger partial charge in [-0.05, 0) is 62.9 Å². The second-order valence-corrected chi connectivity index (χ2v) is 8.85. The summed E-state index contributed by atoms with van der Waals surface area (Å²) in [7, 11) is 0. The van der Waals surface area contributed by atoms with E-state index in [1.807, 2.05) is 6.92 Å². The Morgan fingerprint density at radius 3 is 2.78 bits per heavy atom. The molecular weight excluding hydrogens is 408 g/mol. The predicted octanol–water partition coefficient (Wildman–Crippen LogP) is 3.09. The number of nitrogens with two attached hydrogens (primary N) is 1. The molecule has 1 amide bonds. The lowest BCUT2D eigenvalue weighted by atomic mass is 9.73. The summed E-state index contributed by atoms with van der Waals surface area (Å²) in [5.74, 6) is 3.45. The van der Waals surface area contributed by atoms with E-state index in [0.717, 1.165) is 24.4 Å². The lowest BCUT2D eigenvalue weighted by molar-refractivity contribution is 0.0811. The summed E-state index contributed by atoms with van der Waals surface area (Å²) in [6.45, 7) is 2.68. The number of fused-ring (bicyclic) bond motifs is 1. The standard InChI is InChI=1S/C23H28N6O3/c1-14-27-19(32-28-14)12-15-2-4-16(5-3-15)17-6-8-18(9-7-17)29-10-11-31-22-20(23(29)30)21(24)25-13-26-22/h6,8-9,13,15-17H,2-5,7,10-12H2,1H3,(H2,24,25,26). The third-order valence-electron chi connectivity index (χ3n) is 6.81. The second-order valence-electron chi connectivity index (χ2n) is 8.85. The van der Waals surface area contributed by atoms with Gasteiger partial charge in [-0.1, -0.05) is 17.3 Å². The predicted molar refractivity (Wildman–Crippen MR) is 116 cm³/mol. The molecule has 1 atom stereocenters. The molecule has 0 aromatic carbocycles. The largest absolute Gasteiger partial charge is 0.475 e. The lowest BCUT2D eigenvalue weighted by Crippen LogP contribution is -2.33. The van der Waals surface area contributed by atoms with Crippen LogP contribution >= 0.6 is 0 Å². The molecule has 2 aliphatic carbocycles. The van der Waals surface area contributed by atoms with Crippen LogP contribution in [0, 0.1) is 24.7 Å². The van der Waals surface area contributed by atoms with E-state index in [9.17, 15) is 4.79 Å². The number of carbonyl (C=O) groups is 1. The van der Waals surface area contributed by atoms with Crippen LogP contribution in [-0.2, 0) is 6.42 Å². The van der Waals surface area contributed by atoms with Gasteiger partial charge in [0.2, 0.25) is 11.8 Å². The van der Waals surface area contributed by atoms with E-state index in [1.165, 1.54) is 32.0 Å². The molecule has 9 heteroatoms. The average molecular weight is 437 g/mol. The SMILES string of the molecule is Cc1noc(CC2CCC(C3C=CC(N4CCOc5ncnc(N)c5C4=O)=CC3)CC2)n1. The van der Waals surface area contributed by atoms with Crippen molar-refractivity contribution in [1.29, 1.82) is 0 Å². The van der Waals surface area contributed by atoms with Crippen molar-refractivity contribution in [2.24, 2.45) is 17.8 Å². The Labute approximate surface area is 186 Å². The van der Waals surface area contributed by atoms with Gasteiger partial charge in [-0.15, -0.1) is 0 Å². The average Bonchev–Trinajstić information content (AvgIpc) is 3.13. The van der Waals surface area contributed by atoms with Gasteiger partial charge in [-0.2, -0.15) is 4.98 Å². The Morgan fingerprint density at radius 1 is 1.22 bits per heavy atom. The van der Waals surface area contributed by atoms with E-state index >= 15 is 0 Å². The van der Waals surface area contributed by atoms with Crippen LogP contribution in [0.4, 0.5) is 5.82 Å². The van der Waals surface area contributed by atoms with Gasteiger partial charge in [0.1, 0.15) is 24.3 Å². The first-order chi connectivity index (χ1) is 15.6. The highest BCUT2D eigenvalue weighted by Gasteiger charge is 2.32. The molecule has 2 aromatic rings. The molecule has 3 heterocycles. The molecule has 0 bridgehead atoms. The first-order valence-electron chi connectivity index (χ1n) is 11.3. The zero-order valence-corrected chi connectivity index (χ0v) is 18.2. The number of rotatable bonds is 4. The van der Waals surface area contributed by atoms with E-state index in [2.05, 4.69) is 38.3 Å². The fraction of sp³-hybridized carbons (Fsp3) is 0.522. The first-order valence-corrected chi connectivity index (χ1v) is 11.3. The highest BCUT2D eigenvalue weighted by atomic mass is 16.5.